The molecule has 0 aliphatic carbocycles. The first-order valence-corrected chi connectivity index (χ1v) is 13.6. The lowest BCUT2D eigenvalue weighted by Gasteiger charge is -2.25. The predicted molar refractivity (Wildman–Crippen MR) is 142 cm³/mol. The number of nitrogens with two attached hydrogens (primary N) is 2. The first kappa shape index (κ1) is 32.7. The standard InChI is InChI=1S/C26H51N5O4/c1-4-6-7-8-9-10-11-12-13-14-15-18-22(32)31-23(20(3)5-2)24(33)30-21(25(34)35)17-16-19-29-26(27)28/h20-21,23H,4-19H2,1-3H3,(H,30,33)(H,31,32)(H,34,35)(H4,27,28,29)/t20-,21-,23-/m0/s1. The highest BCUT2D eigenvalue weighted by Gasteiger charge is 2.29. The van der Waals surface area contributed by atoms with Gasteiger partial charge in [-0.1, -0.05) is 91.4 Å². The number of nitrogens with one attached hydrogen (secondary N) is 2. The summed E-state index contributed by atoms with van der Waals surface area (Å²) in [6.07, 6.45) is 14.9. The Balaban J connectivity index is 4.39. The molecule has 7 N–H and O–H groups in total. The van der Waals surface area contributed by atoms with E-state index in [1.807, 2.05) is 13.8 Å². The van der Waals surface area contributed by atoms with Gasteiger partial charge in [0.25, 0.3) is 0 Å². The summed E-state index contributed by atoms with van der Waals surface area (Å²) in [4.78, 5) is 40.7. The van der Waals surface area contributed by atoms with Gasteiger partial charge in [-0.15, -0.1) is 0 Å². The highest BCUT2D eigenvalue weighted by atomic mass is 16.4. The van der Waals surface area contributed by atoms with Crippen molar-refractivity contribution in [3.63, 3.8) is 0 Å². The minimum absolute atomic E-state index is 0.0572. The van der Waals surface area contributed by atoms with Gasteiger partial charge in [0.05, 0.1) is 0 Å². The molecule has 204 valence electrons. The molecule has 0 aliphatic heterocycles. The highest BCUT2D eigenvalue weighted by molar-refractivity contribution is 5.90. The number of hydrogen-bond donors (Lipinski definition) is 5. The Labute approximate surface area is 212 Å². The third-order valence-electron chi connectivity index (χ3n) is 6.38. The van der Waals surface area contributed by atoms with Crippen LogP contribution in [0.1, 0.15) is 117 Å². The van der Waals surface area contributed by atoms with Gasteiger partial charge in [0, 0.05) is 13.0 Å². The van der Waals surface area contributed by atoms with Gasteiger partial charge in [0.1, 0.15) is 12.1 Å². The monoisotopic (exact) mass is 497 g/mol. The van der Waals surface area contributed by atoms with E-state index in [1.54, 1.807) is 0 Å². The van der Waals surface area contributed by atoms with Crippen LogP contribution in [0.3, 0.4) is 0 Å². The number of aliphatic carboxylic acids is 1. The maximum atomic E-state index is 12.8. The maximum Gasteiger partial charge on any atom is 0.326 e. The second-order valence-corrected chi connectivity index (χ2v) is 9.56. The molecule has 0 unspecified atom stereocenters. The number of carbonyl (C=O) groups is 3. The SMILES string of the molecule is CCCCCCCCCCCCCC(=O)N[C@H](C(=O)N[C@@H](CCCN=C(N)N)C(=O)O)[C@@H](C)CC. The average Bonchev–Trinajstić information content (AvgIpc) is 2.81. The molecule has 0 saturated heterocycles. The van der Waals surface area contributed by atoms with Gasteiger partial charge < -0.3 is 27.2 Å². The molecule has 0 rings (SSSR count). The van der Waals surface area contributed by atoms with Gasteiger partial charge >= 0.3 is 5.97 Å². The van der Waals surface area contributed by atoms with E-state index in [4.69, 9.17) is 11.5 Å². The lowest BCUT2D eigenvalue weighted by Crippen LogP contribution is -2.54. The quantitative estimate of drug-likeness (QED) is 0.0867. The molecule has 9 nitrogen and oxygen atoms in total. The van der Waals surface area contributed by atoms with Crippen molar-refractivity contribution in [1.82, 2.24) is 10.6 Å². The van der Waals surface area contributed by atoms with Crippen LogP contribution in [0.4, 0.5) is 0 Å². The summed E-state index contributed by atoms with van der Waals surface area (Å²) >= 11 is 0. The highest BCUT2D eigenvalue weighted by Crippen LogP contribution is 2.13. The number of carbonyl (C=O) groups excluding carboxylic acids is 2. The molecule has 9 heteroatoms. The Hall–Kier alpha value is -2.32. The minimum atomic E-state index is -1.13. The van der Waals surface area contributed by atoms with Crippen LogP contribution in [-0.4, -0.2) is 47.5 Å². The summed E-state index contributed by atoms with van der Waals surface area (Å²) in [6.45, 7) is 6.33. The van der Waals surface area contributed by atoms with Crippen molar-refractivity contribution in [3.8, 4) is 0 Å². The van der Waals surface area contributed by atoms with Crippen LogP contribution in [0.15, 0.2) is 4.99 Å². The topological polar surface area (TPSA) is 160 Å². The smallest absolute Gasteiger partial charge is 0.326 e. The lowest BCUT2D eigenvalue weighted by molar-refractivity contribution is -0.142. The number of unbranched alkanes of at least 4 members (excludes halogenated alkanes) is 10. The van der Waals surface area contributed by atoms with Gasteiger partial charge in [-0.2, -0.15) is 0 Å². The average molecular weight is 498 g/mol. The summed E-state index contributed by atoms with van der Waals surface area (Å²) in [7, 11) is 0. The largest absolute Gasteiger partial charge is 0.480 e. The maximum absolute atomic E-state index is 12.8. The van der Waals surface area contributed by atoms with Crippen LogP contribution in [0.25, 0.3) is 0 Å². The molecule has 3 atom stereocenters. The molecule has 0 aromatic rings. The summed E-state index contributed by atoms with van der Waals surface area (Å²) < 4.78 is 0. The number of amides is 2. The van der Waals surface area contributed by atoms with Gasteiger partial charge in [0.2, 0.25) is 11.8 Å². The van der Waals surface area contributed by atoms with Gasteiger partial charge in [-0.3, -0.25) is 14.6 Å². The van der Waals surface area contributed by atoms with E-state index in [9.17, 15) is 19.5 Å². The molecular formula is C26H51N5O4. The van der Waals surface area contributed by atoms with Gasteiger partial charge in [0.15, 0.2) is 5.96 Å². The van der Waals surface area contributed by atoms with Gasteiger partial charge in [-0.05, 0) is 25.2 Å². The van der Waals surface area contributed by atoms with Crippen molar-refractivity contribution in [3.05, 3.63) is 0 Å². The number of hydrogen-bond acceptors (Lipinski definition) is 4. The Kier molecular flexibility index (Phi) is 19.6. The predicted octanol–water partition coefficient (Wildman–Crippen LogP) is 3.84. The first-order valence-electron chi connectivity index (χ1n) is 13.6. The number of aliphatic imine (C=N–C) groups is 1. The fourth-order valence-electron chi connectivity index (χ4n) is 3.92. The number of rotatable bonds is 22. The van der Waals surface area contributed by atoms with E-state index in [0.717, 1.165) is 19.3 Å². The molecule has 0 aromatic carbocycles. The van der Waals surface area contributed by atoms with Crippen molar-refractivity contribution >= 4 is 23.7 Å². The molecule has 0 spiro atoms. The zero-order valence-corrected chi connectivity index (χ0v) is 22.3. The van der Waals surface area contributed by atoms with E-state index in [-0.39, 0.29) is 30.8 Å². The Morgan fingerprint density at radius 1 is 0.829 bits per heavy atom. The molecule has 0 aromatic heterocycles. The fourth-order valence-corrected chi connectivity index (χ4v) is 3.92. The van der Waals surface area contributed by atoms with Crippen LogP contribution >= 0.6 is 0 Å². The Bertz CT molecular complexity index is 623. The Morgan fingerprint density at radius 2 is 1.37 bits per heavy atom. The number of carboxylic acid groups (broad SMARTS) is 1. The minimum Gasteiger partial charge on any atom is -0.480 e. The van der Waals surface area contributed by atoms with E-state index < -0.39 is 24.0 Å². The molecule has 35 heavy (non-hydrogen) atoms. The third-order valence-corrected chi connectivity index (χ3v) is 6.38. The molecule has 2 amide bonds. The van der Waals surface area contributed by atoms with Crippen LogP contribution in [-0.2, 0) is 14.4 Å². The van der Waals surface area contributed by atoms with E-state index >= 15 is 0 Å². The van der Waals surface area contributed by atoms with E-state index in [1.165, 1.54) is 51.4 Å². The van der Waals surface area contributed by atoms with Crippen LogP contribution in [0, 0.1) is 5.92 Å². The van der Waals surface area contributed by atoms with Gasteiger partial charge in [-0.25, -0.2) is 4.79 Å². The summed E-state index contributed by atoms with van der Waals surface area (Å²) in [6, 6.07) is -1.83. The van der Waals surface area contributed by atoms with Crippen LogP contribution < -0.4 is 22.1 Å². The normalized spacial score (nSPS) is 13.5. The van der Waals surface area contributed by atoms with Crippen molar-refractivity contribution in [2.24, 2.45) is 22.4 Å². The summed E-state index contributed by atoms with van der Waals surface area (Å²) in [5.74, 6) is -1.94. The summed E-state index contributed by atoms with van der Waals surface area (Å²) in [5, 5.41) is 14.9. The van der Waals surface area contributed by atoms with Crippen molar-refractivity contribution < 1.29 is 19.5 Å². The number of guanidine groups is 1. The van der Waals surface area contributed by atoms with Crippen LogP contribution in [0.5, 0.6) is 0 Å². The first-order chi connectivity index (χ1) is 16.7. The van der Waals surface area contributed by atoms with Crippen molar-refractivity contribution in [1.29, 1.82) is 0 Å². The second-order valence-electron chi connectivity index (χ2n) is 9.56. The third kappa shape index (κ3) is 17.7. The lowest BCUT2D eigenvalue weighted by atomic mass is 9.97. The van der Waals surface area contributed by atoms with Crippen molar-refractivity contribution in [2.45, 2.75) is 129 Å². The number of carboxylic acids is 1. The molecule has 0 bridgehead atoms. The zero-order chi connectivity index (χ0) is 26.5. The van der Waals surface area contributed by atoms with Crippen LogP contribution in [0.2, 0.25) is 0 Å². The second kappa shape index (κ2) is 21.0. The fraction of sp³-hybridized carbons (Fsp3) is 0.846. The van der Waals surface area contributed by atoms with Crippen molar-refractivity contribution in [2.75, 3.05) is 6.54 Å². The molecule has 0 heterocycles. The summed E-state index contributed by atoms with van der Waals surface area (Å²) in [5.41, 5.74) is 10.6. The molecule has 0 radical (unpaired) electrons. The molecule has 0 fully saturated rings. The Morgan fingerprint density at radius 3 is 1.86 bits per heavy atom. The van der Waals surface area contributed by atoms with E-state index in [2.05, 4.69) is 22.5 Å². The molecular weight excluding hydrogens is 446 g/mol. The molecule has 0 aliphatic rings. The molecule has 0 saturated carbocycles. The zero-order valence-electron chi connectivity index (χ0n) is 22.3. The van der Waals surface area contributed by atoms with E-state index in [0.29, 0.717) is 19.3 Å². The number of nitrogens with zero attached hydrogens (tertiary/aromatic N) is 1.